The second kappa shape index (κ2) is 7.40. The molecule has 0 radical (unpaired) electrons. The van der Waals surface area contributed by atoms with E-state index in [1.165, 1.54) is 12.1 Å². The van der Waals surface area contributed by atoms with Crippen molar-refractivity contribution >= 4 is 34.1 Å². The molecule has 8 nitrogen and oxygen atoms in total. The van der Waals surface area contributed by atoms with E-state index in [2.05, 4.69) is 15.2 Å². The van der Waals surface area contributed by atoms with Crippen molar-refractivity contribution in [1.82, 2.24) is 9.88 Å². The molecule has 0 bridgehead atoms. The lowest BCUT2D eigenvalue weighted by Crippen LogP contribution is -2.38. The number of Topliss-reactive ketones (excluding diaryl/α,β-unsaturated/α-hetero) is 1. The summed E-state index contributed by atoms with van der Waals surface area (Å²) in [5, 5.41) is 18.9. The predicted octanol–water partition coefficient (Wildman–Crippen LogP) is 3.08. The van der Waals surface area contributed by atoms with Gasteiger partial charge in [-0.1, -0.05) is 24.3 Å². The number of azo groups is 1. The van der Waals surface area contributed by atoms with Crippen molar-refractivity contribution < 1.29 is 14.4 Å². The van der Waals surface area contributed by atoms with Gasteiger partial charge in [0.15, 0.2) is 5.78 Å². The second-order valence-corrected chi connectivity index (χ2v) is 6.33. The number of hydrogen-bond acceptors (Lipinski definition) is 7. The van der Waals surface area contributed by atoms with Gasteiger partial charge in [-0.25, -0.2) is 0 Å². The second-order valence-electron chi connectivity index (χ2n) is 6.33. The van der Waals surface area contributed by atoms with Crippen LogP contribution in [0.25, 0.3) is 10.8 Å². The fourth-order valence-electron chi connectivity index (χ4n) is 3.10. The van der Waals surface area contributed by atoms with E-state index < -0.39 is 30.2 Å². The monoisotopic (exact) mass is 383 g/mol. The van der Waals surface area contributed by atoms with Gasteiger partial charge < -0.3 is 0 Å². The number of rotatable bonds is 5. The molecule has 2 heterocycles. The summed E-state index contributed by atoms with van der Waals surface area (Å²) in [4.78, 5) is 42.2. The lowest BCUT2D eigenvalue weighted by Gasteiger charge is -2.13. The maximum absolute atomic E-state index is 12.5. The highest BCUT2D eigenvalue weighted by Gasteiger charge is 2.37. The number of hydrogen-bond donors (Lipinski definition) is 0. The molecule has 2 aromatic carbocycles. The van der Waals surface area contributed by atoms with Crippen LogP contribution in [0.1, 0.15) is 20.7 Å². The van der Waals surface area contributed by atoms with E-state index in [-0.39, 0.29) is 11.1 Å². The van der Waals surface area contributed by atoms with E-state index in [1.54, 1.807) is 48.8 Å². The molecule has 140 valence electrons. The summed E-state index contributed by atoms with van der Waals surface area (Å²) in [6.07, 6.45) is 3.28. The Morgan fingerprint density at radius 3 is 2.48 bits per heavy atom. The number of nitrogens with zero attached hydrogens (tertiary/aromatic N) is 5. The number of benzene rings is 2. The lowest BCUT2D eigenvalue weighted by atomic mass is 10.1. The third-order valence-corrected chi connectivity index (χ3v) is 4.56. The Balaban J connectivity index is 1.54. The molecular weight excluding hydrogens is 370 g/mol. The van der Waals surface area contributed by atoms with E-state index in [0.717, 1.165) is 15.7 Å². The molecule has 1 aromatic heterocycles. The van der Waals surface area contributed by atoms with Crippen molar-refractivity contribution in [2.45, 2.75) is 6.04 Å². The Morgan fingerprint density at radius 1 is 1.07 bits per heavy atom. The van der Waals surface area contributed by atoms with Crippen LogP contribution in [0.2, 0.25) is 0 Å². The summed E-state index contributed by atoms with van der Waals surface area (Å²) in [7, 11) is 0. The number of ketones is 1. The molecule has 0 spiro atoms. The fourth-order valence-corrected chi connectivity index (χ4v) is 3.10. The van der Waals surface area contributed by atoms with Crippen molar-refractivity contribution in [2.24, 2.45) is 10.2 Å². The molecule has 0 aliphatic carbocycles. The summed E-state index contributed by atoms with van der Waals surface area (Å²) < 4.78 is 0. The maximum Gasteiger partial charge on any atom is 0.261 e. The number of pyridine rings is 1. The molecule has 0 saturated carbocycles. The first-order valence-corrected chi connectivity index (χ1v) is 8.71. The Kier molecular flexibility index (Phi) is 4.63. The number of carbonyl (C=O) groups is 3. The molecule has 1 atom stereocenters. The summed E-state index contributed by atoms with van der Waals surface area (Å²) in [5.41, 5.74) is 0.966. The molecule has 8 heteroatoms. The quantitative estimate of drug-likeness (QED) is 0.496. The van der Waals surface area contributed by atoms with E-state index in [4.69, 9.17) is 0 Å². The summed E-state index contributed by atoms with van der Waals surface area (Å²) >= 11 is 0. The summed E-state index contributed by atoms with van der Waals surface area (Å²) in [6, 6.07) is 13.8. The Bertz CT molecular complexity index is 1190. The van der Waals surface area contributed by atoms with Crippen LogP contribution in [-0.2, 0) is 4.79 Å². The predicted molar refractivity (Wildman–Crippen MR) is 102 cm³/mol. The van der Waals surface area contributed by atoms with Crippen LogP contribution < -0.4 is 0 Å². The van der Waals surface area contributed by atoms with Gasteiger partial charge in [-0.2, -0.15) is 15.5 Å². The van der Waals surface area contributed by atoms with Gasteiger partial charge in [-0.3, -0.25) is 24.3 Å². The zero-order valence-corrected chi connectivity index (χ0v) is 15.0. The zero-order valence-electron chi connectivity index (χ0n) is 15.0. The van der Waals surface area contributed by atoms with Crippen molar-refractivity contribution in [3.63, 3.8) is 0 Å². The average Bonchev–Trinajstić information content (AvgIpc) is 2.99. The smallest absolute Gasteiger partial charge is 0.261 e. The largest absolute Gasteiger partial charge is 0.294 e. The minimum absolute atomic E-state index is 0.241. The van der Waals surface area contributed by atoms with E-state index in [0.29, 0.717) is 5.69 Å². The first-order valence-electron chi connectivity index (χ1n) is 8.71. The van der Waals surface area contributed by atoms with Gasteiger partial charge in [0.25, 0.3) is 11.8 Å². The average molecular weight is 383 g/mol. The number of nitriles is 1. The van der Waals surface area contributed by atoms with Crippen LogP contribution >= 0.6 is 0 Å². The minimum atomic E-state index is -1.43. The molecule has 1 aliphatic heterocycles. The third-order valence-electron chi connectivity index (χ3n) is 4.56. The normalized spacial score (nSPS) is 14.2. The van der Waals surface area contributed by atoms with Crippen molar-refractivity contribution in [3.8, 4) is 6.07 Å². The molecule has 0 saturated heterocycles. The number of imide groups is 1. The number of aromatic nitrogens is 1. The molecule has 1 aliphatic rings. The van der Waals surface area contributed by atoms with Crippen LogP contribution in [0.4, 0.5) is 5.69 Å². The molecule has 0 fully saturated rings. The number of carbonyl (C=O) groups excluding carboxylic acids is 3. The van der Waals surface area contributed by atoms with E-state index in [1.807, 2.05) is 6.07 Å². The lowest BCUT2D eigenvalue weighted by molar-refractivity contribution is -0.119. The van der Waals surface area contributed by atoms with Gasteiger partial charge in [-0.15, -0.1) is 0 Å². The molecule has 2 amide bonds. The van der Waals surface area contributed by atoms with E-state index >= 15 is 0 Å². The third kappa shape index (κ3) is 3.26. The molecule has 29 heavy (non-hydrogen) atoms. The fraction of sp³-hybridized carbons (Fsp3) is 0.0952. The molecular formula is C21H13N5O3. The summed E-state index contributed by atoms with van der Waals surface area (Å²) in [6.45, 7) is -0.539. The number of amides is 2. The highest BCUT2D eigenvalue weighted by molar-refractivity contribution is 6.22. The van der Waals surface area contributed by atoms with Gasteiger partial charge in [0, 0.05) is 23.2 Å². The van der Waals surface area contributed by atoms with Gasteiger partial charge in [0.1, 0.15) is 0 Å². The molecule has 3 aromatic rings. The van der Waals surface area contributed by atoms with Gasteiger partial charge in [0.05, 0.1) is 29.4 Å². The van der Waals surface area contributed by atoms with Gasteiger partial charge >= 0.3 is 0 Å². The van der Waals surface area contributed by atoms with Crippen molar-refractivity contribution in [1.29, 1.82) is 5.26 Å². The Hall–Kier alpha value is -4.25. The molecule has 4 rings (SSSR count). The zero-order chi connectivity index (χ0) is 20.4. The molecule has 0 N–H and O–H groups in total. The van der Waals surface area contributed by atoms with Crippen LogP contribution in [0.15, 0.2) is 71.2 Å². The van der Waals surface area contributed by atoms with Gasteiger partial charge in [0.2, 0.25) is 6.04 Å². The first kappa shape index (κ1) is 18.1. The highest BCUT2D eigenvalue weighted by atomic mass is 16.2. The van der Waals surface area contributed by atoms with Crippen LogP contribution in [0, 0.1) is 11.3 Å². The van der Waals surface area contributed by atoms with Gasteiger partial charge in [-0.05, 0) is 24.3 Å². The van der Waals surface area contributed by atoms with Crippen LogP contribution in [0.3, 0.4) is 0 Å². The summed E-state index contributed by atoms with van der Waals surface area (Å²) in [5.74, 6) is -1.81. The first-order chi connectivity index (χ1) is 14.1. The SMILES string of the molecule is N#CC(N=Nc1cccc2cnccc12)C(=O)CN1C(=O)c2ccccc2C1=O. The standard InChI is InChI=1S/C21H13N5O3/c22-10-18(25-24-17-7-3-4-13-11-23-9-8-14(13)17)19(27)12-26-20(28)15-5-1-2-6-16(15)21(26)29/h1-9,11,18H,12H2. The highest BCUT2D eigenvalue weighted by Crippen LogP contribution is 2.26. The topological polar surface area (TPSA) is 116 Å². The number of fused-ring (bicyclic) bond motifs is 2. The van der Waals surface area contributed by atoms with Crippen LogP contribution in [0.5, 0.6) is 0 Å². The van der Waals surface area contributed by atoms with Crippen LogP contribution in [-0.4, -0.2) is 40.1 Å². The Morgan fingerprint density at radius 2 is 1.79 bits per heavy atom. The van der Waals surface area contributed by atoms with Crippen molar-refractivity contribution in [3.05, 3.63) is 72.1 Å². The molecule has 1 unspecified atom stereocenters. The van der Waals surface area contributed by atoms with E-state index in [9.17, 15) is 19.6 Å². The van der Waals surface area contributed by atoms with Crippen molar-refractivity contribution in [2.75, 3.05) is 6.54 Å². The maximum atomic E-state index is 12.5. The Labute approximate surface area is 165 Å². The minimum Gasteiger partial charge on any atom is -0.294 e.